The quantitative estimate of drug-likeness (QED) is 0.778. The minimum Gasteiger partial charge on any atom is -0.298 e. The van der Waals surface area contributed by atoms with Crippen LogP contribution in [0.4, 0.5) is 4.39 Å². The number of nitriles is 1. The van der Waals surface area contributed by atoms with Gasteiger partial charge in [0, 0.05) is 12.0 Å². The van der Waals surface area contributed by atoms with E-state index in [0.29, 0.717) is 12.3 Å². The third-order valence-corrected chi connectivity index (χ3v) is 2.85. The lowest BCUT2D eigenvalue weighted by Gasteiger charge is -2.08. The Morgan fingerprint density at radius 1 is 1.50 bits per heavy atom. The molecule has 0 amide bonds. The Kier molecular flexibility index (Phi) is 3.00. The zero-order chi connectivity index (χ0) is 11.5. The zero-order valence-electron chi connectivity index (χ0n) is 8.82. The molecule has 1 atom stereocenters. The van der Waals surface area contributed by atoms with Gasteiger partial charge in [-0.2, -0.15) is 5.26 Å². The van der Waals surface area contributed by atoms with Crippen molar-refractivity contribution in [3.63, 3.8) is 0 Å². The summed E-state index contributed by atoms with van der Waals surface area (Å²) in [5, 5.41) is 8.97. The summed E-state index contributed by atoms with van der Waals surface area (Å²) in [7, 11) is 0. The first kappa shape index (κ1) is 10.8. The molecular weight excluding hydrogens is 205 g/mol. The number of rotatable bonds is 4. The molecule has 1 aromatic rings. The summed E-state index contributed by atoms with van der Waals surface area (Å²) in [5.74, 6) is -1.15. The van der Waals surface area contributed by atoms with Gasteiger partial charge in [-0.05, 0) is 24.8 Å². The number of benzene rings is 1. The van der Waals surface area contributed by atoms with Crippen LogP contribution in [0.25, 0.3) is 0 Å². The van der Waals surface area contributed by atoms with E-state index in [1.165, 1.54) is 12.1 Å². The van der Waals surface area contributed by atoms with Gasteiger partial charge in [-0.15, -0.1) is 0 Å². The second-order valence-corrected chi connectivity index (χ2v) is 4.20. The number of nitrogens with zero attached hydrogens (tertiary/aromatic N) is 1. The predicted octanol–water partition coefficient (Wildman–Crippen LogP) is 2.80. The van der Waals surface area contributed by atoms with Gasteiger partial charge in [0.2, 0.25) is 0 Å². The van der Waals surface area contributed by atoms with E-state index in [4.69, 9.17) is 5.26 Å². The van der Waals surface area contributed by atoms with E-state index in [1.54, 1.807) is 12.1 Å². The van der Waals surface area contributed by atoms with Gasteiger partial charge in [0.05, 0.1) is 6.07 Å². The second kappa shape index (κ2) is 4.44. The van der Waals surface area contributed by atoms with Crippen molar-refractivity contribution in [3.8, 4) is 6.07 Å². The summed E-state index contributed by atoms with van der Waals surface area (Å²) in [6.07, 6.45) is 2.52. The molecule has 1 aliphatic carbocycles. The Morgan fingerprint density at radius 3 is 2.75 bits per heavy atom. The smallest absolute Gasteiger partial charge is 0.154 e. The van der Waals surface area contributed by atoms with Crippen LogP contribution in [-0.2, 0) is 4.79 Å². The summed E-state index contributed by atoms with van der Waals surface area (Å²) in [6, 6.07) is 7.89. The van der Waals surface area contributed by atoms with E-state index in [1.807, 2.05) is 6.07 Å². The number of carbonyl (C=O) groups is 1. The number of ketones is 1. The van der Waals surface area contributed by atoms with Crippen molar-refractivity contribution in [1.29, 1.82) is 5.26 Å². The fourth-order valence-corrected chi connectivity index (χ4v) is 1.75. The predicted molar refractivity (Wildman–Crippen MR) is 57.1 cm³/mol. The number of carbonyl (C=O) groups excluding carboxylic acids is 1. The average molecular weight is 217 g/mol. The van der Waals surface area contributed by atoms with E-state index in [9.17, 15) is 9.18 Å². The number of Topliss-reactive ketones (excluding diaryl/α,β-unsaturated/α-hetero) is 1. The molecule has 0 radical (unpaired) electrons. The van der Waals surface area contributed by atoms with Crippen molar-refractivity contribution in [2.75, 3.05) is 0 Å². The van der Waals surface area contributed by atoms with E-state index >= 15 is 0 Å². The Hall–Kier alpha value is -1.69. The number of halogens is 1. The van der Waals surface area contributed by atoms with Gasteiger partial charge in [0.15, 0.2) is 5.78 Å². The van der Waals surface area contributed by atoms with Crippen molar-refractivity contribution < 1.29 is 9.18 Å². The van der Waals surface area contributed by atoms with Gasteiger partial charge < -0.3 is 0 Å². The molecule has 0 aromatic heterocycles. The highest BCUT2D eigenvalue weighted by Crippen LogP contribution is 2.35. The lowest BCUT2D eigenvalue weighted by atomic mass is 9.93. The summed E-state index contributed by atoms with van der Waals surface area (Å²) >= 11 is 0. The van der Waals surface area contributed by atoms with Gasteiger partial charge >= 0.3 is 0 Å². The molecule has 82 valence electrons. The van der Waals surface area contributed by atoms with Gasteiger partial charge in [0.1, 0.15) is 11.7 Å². The average Bonchev–Trinajstić information content (AvgIpc) is 3.06. The van der Waals surface area contributed by atoms with Crippen LogP contribution in [0.5, 0.6) is 0 Å². The van der Waals surface area contributed by atoms with Gasteiger partial charge in [-0.25, -0.2) is 4.39 Å². The second-order valence-electron chi connectivity index (χ2n) is 4.20. The monoisotopic (exact) mass is 217 g/mol. The zero-order valence-corrected chi connectivity index (χ0v) is 8.82. The normalized spacial score (nSPS) is 16.5. The molecule has 1 unspecified atom stereocenters. The minimum atomic E-state index is -0.943. The molecule has 1 fully saturated rings. The molecule has 0 bridgehead atoms. The van der Waals surface area contributed by atoms with Crippen LogP contribution in [0.15, 0.2) is 24.3 Å². The SMILES string of the molecule is N#CC(C(=O)CC1CC1)c1ccccc1F. The standard InChI is InChI=1S/C13H12FNO/c14-12-4-2-1-3-10(12)11(8-15)13(16)7-9-5-6-9/h1-4,9,11H,5-7H2. The molecule has 1 aliphatic rings. The number of hydrogen-bond acceptors (Lipinski definition) is 2. The minimum absolute atomic E-state index is 0.157. The molecule has 0 aliphatic heterocycles. The van der Waals surface area contributed by atoms with Crippen molar-refractivity contribution in [2.45, 2.75) is 25.2 Å². The largest absolute Gasteiger partial charge is 0.298 e. The molecule has 1 aromatic carbocycles. The van der Waals surface area contributed by atoms with Crippen LogP contribution < -0.4 is 0 Å². The molecule has 3 heteroatoms. The number of hydrogen-bond donors (Lipinski definition) is 0. The van der Waals surface area contributed by atoms with Crippen LogP contribution in [-0.4, -0.2) is 5.78 Å². The van der Waals surface area contributed by atoms with Crippen LogP contribution in [0.2, 0.25) is 0 Å². The first-order valence-corrected chi connectivity index (χ1v) is 5.39. The highest BCUT2D eigenvalue weighted by Gasteiger charge is 2.30. The van der Waals surface area contributed by atoms with Gasteiger partial charge in [0.25, 0.3) is 0 Å². The molecule has 0 N–H and O–H groups in total. The van der Waals surface area contributed by atoms with Crippen LogP contribution >= 0.6 is 0 Å². The van der Waals surface area contributed by atoms with E-state index in [-0.39, 0.29) is 11.3 Å². The van der Waals surface area contributed by atoms with Crippen molar-refractivity contribution in [1.82, 2.24) is 0 Å². The van der Waals surface area contributed by atoms with Crippen LogP contribution in [0.3, 0.4) is 0 Å². The van der Waals surface area contributed by atoms with Crippen molar-refractivity contribution >= 4 is 5.78 Å². The van der Waals surface area contributed by atoms with Crippen LogP contribution in [0, 0.1) is 23.1 Å². The van der Waals surface area contributed by atoms with Gasteiger partial charge in [-0.1, -0.05) is 18.2 Å². The molecule has 2 nitrogen and oxygen atoms in total. The maximum absolute atomic E-state index is 13.4. The molecule has 2 rings (SSSR count). The first-order valence-electron chi connectivity index (χ1n) is 5.39. The fraction of sp³-hybridized carbons (Fsp3) is 0.385. The highest BCUT2D eigenvalue weighted by atomic mass is 19.1. The Balaban J connectivity index is 2.18. The highest BCUT2D eigenvalue weighted by molar-refractivity contribution is 5.88. The molecule has 0 saturated heterocycles. The molecular formula is C13H12FNO. The third-order valence-electron chi connectivity index (χ3n) is 2.85. The maximum atomic E-state index is 13.4. The van der Waals surface area contributed by atoms with Crippen LogP contribution in [0.1, 0.15) is 30.7 Å². The molecule has 0 heterocycles. The van der Waals surface area contributed by atoms with E-state index < -0.39 is 11.7 Å². The molecule has 16 heavy (non-hydrogen) atoms. The van der Waals surface area contributed by atoms with Crippen molar-refractivity contribution in [3.05, 3.63) is 35.6 Å². The van der Waals surface area contributed by atoms with Crippen molar-refractivity contribution in [2.24, 2.45) is 5.92 Å². The lowest BCUT2D eigenvalue weighted by molar-refractivity contribution is -0.119. The summed E-state index contributed by atoms with van der Waals surface area (Å²) in [5.41, 5.74) is 0.204. The van der Waals surface area contributed by atoms with Gasteiger partial charge in [-0.3, -0.25) is 4.79 Å². The summed E-state index contributed by atoms with van der Waals surface area (Å²) < 4.78 is 13.4. The topological polar surface area (TPSA) is 40.9 Å². The van der Waals surface area contributed by atoms with E-state index in [2.05, 4.69) is 0 Å². The Bertz CT molecular complexity index is 445. The molecule has 1 saturated carbocycles. The molecule has 0 spiro atoms. The van der Waals surface area contributed by atoms with E-state index in [0.717, 1.165) is 12.8 Å². The fourth-order valence-electron chi connectivity index (χ4n) is 1.75. The summed E-state index contributed by atoms with van der Waals surface area (Å²) in [6.45, 7) is 0. The first-order chi connectivity index (χ1) is 7.72. The third kappa shape index (κ3) is 2.27. The maximum Gasteiger partial charge on any atom is 0.154 e. The summed E-state index contributed by atoms with van der Waals surface area (Å²) in [4.78, 5) is 11.8. The Labute approximate surface area is 93.7 Å². The lowest BCUT2D eigenvalue weighted by Crippen LogP contribution is -2.12. The Morgan fingerprint density at radius 2 is 2.19 bits per heavy atom.